The van der Waals surface area contributed by atoms with Crippen LogP contribution in [0, 0.1) is 13.8 Å². The first-order valence-corrected chi connectivity index (χ1v) is 7.53. The minimum atomic E-state index is 0.521. The molecule has 19 heavy (non-hydrogen) atoms. The standard InChI is InChI=1S/C18H29N/c1-6-10-19-18(12-14(3)7-2)13-17-11-15(4)8-9-16(17)5/h8-9,11,18-19H,3,6-7,10,12-13H2,1-2,4-5H3. The van der Waals surface area contributed by atoms with Gasteiger partial charge in [0.1, 0.15) is 0 Å². The second kappa shape index (κ2) is 8.16. The maximum atomic E-state index is 4.16. The Balaban J connectivity index is 2.74. The van der Waals surface area contributed by atoms with E-state index >= 15 is 0 Å². The van der Waals surface area contributed by atoms with Gasteiger partial charge in [-0.25, -0.2) is 0 Å². The maximum absolute atomic E-state index is 4.16. The summed E-state index contributed by atoms with van der Waals surface area (Å²) in [6.07, 6.45) is 4.45. The summed E-state index contributed by atoms with van der Waals surface area (Å²) in [5, 5.41) is 3.67. The van der Waals surface area contributed by atoms with Gasteiger partial charge in [0.15, 0.2) is 0 Å². The smallest absolute Gasteiger partial charge is 0.0145 e. The molecule has 0 amide bonds. The van der Waals surface area contributed by atoms with E-state index in [1.165, 1.54) is 28.7 Å². The van der Waals surface area contributed by atoms with E-state index in [2.05, 4.69) is 57.8 Å². The molecular weight excluding hydrogens is 230 g/mol. The zero-order valence-electron chi connectivity index (χ0n) is 13.1. The molecule has 1 unspecified atom stereocenters. The Morgan fingerprint density at radius 1 is 1.26 bits per heavy atom. The Kier molecular flexibility index (Phi) is 6.86. The van der Waals surface area contributed by atoms with E-state index in [0.717, 1.165) is 25.8 Å². The number of aryl methyl sites for hydroxylation is 2. The summed E-state index contributed by atoms with van der Waals surface area (Å²) in [5.74, 6) is 0. The van der Waals surface area contributed by atoms with Gasteiger partial charge in [0.05, 0.1) is 0 Å². The van der Waals surface area contributed by atoms with Gasteiger partial charge in [0, 0.05) is 6.04 Å². The molecule has 0 radical (unpaired) electrons. The molecule has 0 saturated carbocycles. The van der Waals surface area contributed by atoms with E-state index in [-0.39, 0.29) is 0 Å². The molecule has 0 saturated heterocycles. The molecule has 0 aromatic heterocycles. The summed E-state index contributed by atoms with van der Waals surface area (Å²) >= 11 is 0. The van der Waals surface area contributed by atoms with E-state index in [9.17, 15) is 0 Å². The van der Waals surface area contributed by atoms with Crippen LogP contribution in [0.2, 0.25) is 0 Å². The minimum Gasteiger partial charge on any atom is -0.313 e. The summed E-state index contributed by atoms with van der Waals surface area (Å²) in [4.78, 5) is 0. The van der Waals surface area contributed by atoms with Gasteiger partial charge in [-0.3, -0.25) is 0 Å². The quantitative estimate of drug-likeness (QED) is 0.674. The fourth-order valence-electron chi connectivity index (χ4n) is 2.34. The zero-order chi connectivity index (χ0) is 14.3. The normalized spacial score (nSPS) is 12.4. The first-order valence-electron chi connectivity index (χ1n) is 7.53. The van der Waals surface area contributed by atoms with Crippen molar-refractivity contribution in [2.24, 2.45) is 0 Å². The van der Waals surface area contributed by atoms with Crippen molar-refractivity contribution in [3.05, 3.63) is 47.0 Å². The molecule has 1 heteroatoms. The average Bonchev–Trinajstić information content (AvgIpc) is 2.39. The maximum Gasteiger partial charge on any atom is 0.0145 e. The molecule has 1 aromatic carbocycles. The van der Waals surface area contributed by atoms with E-state index in [0.29, 0.717) is 6.04 Å². The van der Waals surface area contributed by atoms with Crippen molar-refractivity contribution in [3.63, 3.8) is 0 Å². The van der Waals surface area contributed by atoms with Crippen LogP contribution in [0.4, 0.5) is 0 Å². The van der Waals surface area contributed by atoms with Gasteiger partial charge in [-0.05, 0) is 57.2 Å². The van der Waals surface area contributed by atoms with Gasteiger partial charge in [-0.2, -0.15) is 0 Å². The third-order valence-corrected chi connectivity index (χ3v) is 3.69. The molecule has 0 aliphatic carbocycles. The van der Waals surface area contributed by atoms with Crippen LogP contribution in [0.1, 0.15) is 49.8 Å². The molecule has 0 aliphatic heterocycles. The van der Waals surface area contributed by atoms with E-state index in [1.54, 1.807) is 0 Å². The number of rotatable bonds is 8. The monoisotopic (exact) mass is 259 g/mol. The molecule has 0 heterocycles. The van der Waals surface area contributed by atoms with Crippen LogP contribution in [-0.2, 0) is 6.42 Å². The lowest BCUT2D eigenvalue weighted by atomic mass is 9.95. The molecule has 1 N–H and O–H groups in total. The van der Waals surface area contributed by atoms with Crippen molar-refractivity contribution >= 4 is 0 Å². The summed E-state index contributed by atoms with van der Waals surface area (Å²) in [6, 6.07) is 7.27. The average molecular weight is 259 g/mol. The van der Waals surface area contributed by atoms with Crippen LogP contribution < -0.4 is 5.32 Å². The van der Waals surface area contributed by atoms with Crippen LogP contribution in [0.3, 0.4) is 0 Å². The fourth-order valence-corrected chi connectivity index (χ4v) is 2.34. The predicted molar refractivity (Wildman–Crippen MR) is 85.7 cm³/mol. The van der Waals surface area contributed by atoms with Gasteiger partial charge < -0.3 is 5.32 Å². The van der Waals surface area contributed by atoms with Crippen molar-refractivity contribution in [3.8, 4) is 0 Å². The third kappa shape index (κ3) is 5.61. The Labute approximate surface area is 119 Å². The lowest BCUT2D eigenvalue weighted by Crippen LogP contribution is -2.32. The Morgan fingerprint density at radius 3 is 2.63 bits per heavy atom. The number of benzene rings is 1. The molecule has 1 nitrogen and oxygen atoms in total. The second-order valence-electron chi connectivity index (χ2n) is 5.59. The highest BCUT2D eigenvalue weighted by atomic mass is 14.9. The van der Waals surface area contributed by atoms with E-state index in [1.807, 2.05) is 0 Å². The highest BCUT2D eigenvalue weighted by Gasteiger charge is 2.11. The lowest BCUT2D eigenvalue weighted by Gasteiger charge is -2.21. The van der Waals surface area contributed by atoms with Crippen LogP contribution in [0.25, 0.3) is 0 Å². The van der Waals surface area contributed by atoms with Gasteiger partial charge in [0.2, 0.25) is 0 Å². The second-order valence-corrected chi connectivity index (χ2v) is 5.59. The minimum absolute atomic E-state index is 0.521. The van der Waals surface area contributed by atoms with Crippen molar-refractivity contribution in [1.29, 1.82) is 0 Å². The van der Waals surface area contributed by atoms with Crippen LogP contribution in [-0.4, -0.2) is 12.6 Å². The molecule has 0 fully saturated rings. The lowest BCUT2D eigenvalue weighted by molar-refractivity contribution is 0.499. The fraction of sp³-hybridized carbons (Fsp3) is 0.556. The molecule has 1 atom stereocenters. The Hall–Kier alpha value is -1.08. The Morgan fingerprint density at radius 2 is 2.00 bits per heavy atom. The van der Waals surface area contributed by atoms with Crippen LogP contribution in [0.5, 0.6) is 0 Å². The van der Waals surface area contributed by atoms with E-state index < -0.39 is 0 Å². The summed E-state index contributed by atoms with van der Waals surface area (Å²) in [6.45, 7) is 14.0. The highest BCUT2D eigenvalue weighted by Crippen LogP contribution is 2.16. The van der Waals surface area contributed by atoms with Crippen molar-refractivity contribution in [1.82, 2.24) is 5.32 Å². The summed E-state index contributed by atoms with van der Waals surface area (Å²) in [7, 11) is 0. The number of hydrogen-bond donors (Lipinski definition) is 1. The van der Waals surface area contributed by atoms with E-state index in [4.69, 9.17) is 0 Å². The van der Waals surface area contributed by atoms with Gasteiger partial charge in [-0.15, -0.1) is 0 Å². The summed E-state index contributed by atoms with van der Waals surface area (Å²) in [5.41, 5.74) is 5.57. The molecule has 1 aromatic rings. The highest BCUT2D eigenvalue weighted by molar-refractivity contribution is 5.31. The van der Waals surface area contributed by atoms with Gasteiger partial charge >= 0.3 is 0 Å². The SMILES string of the molecule is C=C(CC)CC(Cc1cc(C)ccc1C)NCCC. The Bertz CT molecular complexity index is 406. The van der Waals surface area contributed by atoms with Crippen LogP contribution >= 0.6 is 0 Å². The number of nitrogens with one attached hydrogen (secondary N) is 1. The van der Waals surface area contributed by atoms with Gasteiger partial charge in [-0.1, -0.05) is 49.8 Å². The van der Waals surface area contributed by atoms with Crippen molar-refractivity contribution in [2.75, 3.05) is 6.54 Å². The summed E-state index contributed by atoms with van der Waals surface area (Å²) < 4.78 is 0. The molecular formula is C18H29N. The van der Waals surface area contributed by atoms with Gasteiger partial charge in [0.25, 0.3) is 0 Å². The molecule has 106 valence electrons. The van der Waals surface area contributed by atoms with Crippen LogP contribution in [0.15, 0.2) is 30.4 Å². The third-order valence-electron chi connectivity index (χ3n) is 3.69. The van der Waals surface area contributed by atoms with Crippen molar-refractivity contribution < 1.29 is 0 Å². The first-order chi connectivity index (χ1) is 9.06. The first kappa shape index (κ1) is 16.0. The zero-order valence-corrected chi connectivity index (χ0v) is 13.1. The predicted octanol–water partition coefficient (Wildman–Crippen LogP) is 4.57. The molecule has 0 bridgehead atoms. The topological polar surface area (TPSA) is 12.0 Å². The molecule has 0 aliphatic rings. The number of hydrogen-bond acceptors (Lipinski definition) is 1. The largest absolute Gasteiger partial charge is 0.313 e. The molecule has 1 rings (SSSR count). The van der Waals surface area contributed by atoms with Crippen molar-refractivity contribution in [2.45, 2.75) is 59.4 Å². The molecule has 0 spiro atoms.